The Hall–Kier alpha value is -0.0800. The highest BCUT2D eigenvalue weighted by Gasteiger charge is 2.12. The van der Waals surface area contributed by atoms with Crippen LogP contribution in [0.2, 0.25) is 0 Å². The van der Waals surface area contributed by atoms with E-state index < -0.39 is 0 Å². The van der Waals surface area contributed by atoms with Crippen LogP contribution in [-0.4, -0.2) is 18.2 Å². The molecule has 0 aromatic carbocycles. The fourth-order valence-corrected chi connectivity index (χ4v) is 3.43. The molecule has 2 unspecified atom stereocenters. The maximum Gasteiger partial charge on any atom is -0.0145 e. The van der Waals surface area contributed by atoms with E-state index in [1.807, 2.05) is 6.92 Å². The highest BCUT2D eigenvalue weighted by atomic mass is 16.5. The molecule has 0 aliphatic heterocycles. The number of hydrogen-bond donors (Lipinski definition) is 0. The Morgan fingerprint density at radius 1 is 0.900 bits per heavy atom. The van der Waals surface area contributed by atoms with Crippen LogP contribution in [0.3, 0.4) is 0 Å². The van der Waals surface area contributed by atoms with Crippen molar-refractivity contribution in [1.29, 1.82) is 0 Å². The fourth-order valence-electron chi connectivity index (χ4n) is 3.43. The van der Waals surface area contributed by atoms with Gasteiger partial charge in [0, 0.05) is 0 Å². The van der Waals surface area contributed by atoms with E-state index in [4.69, 9.17) is 0 Å². The third kappa shape index (κ3) is 8.97. The van der Waals surface area contributed by atoms with Crippen LogP contribution in [0.4, 0.5) is 0 Å². The van der Waals surface area contributed by atoms with Gasteiger partial charge in [0.1, 0.15) is 0 Å². The van der Waals surface area contributed by atoms with Crippen molar-refractivity contribution < 1.29 is 0 Å². The van der Waals surface area contributed by atoms with Gasteiger partial charge in [0.15, 0.2) is 0 Å². The van der Waals surface area contributed by atoms with Gasteiger partial charge in [-0.25, -0.2) is 0 Å². The van der Waals surface area contributed by atoms with E-state index in [1.54, 1.807) is 0 Å². The van der Waals surface area contributed by atoms with Crippen LogP contribution in [-0.2, 0) is 0 Å². The summed E-state index contributed by atoms with van der Waals surface area (Å²) in [5.74, 6) is 1.85. The summed E-state index contributed by atoms with van der Waals surface area (Å²) < 4.78 is 0. The molecule has 0 aromatic rings. The van der Waals surface area contributed by atoms with Gasteiger partial charge in [0.2, 0.25) is 0 Å². The van der Waals surface area contributed by atoms with E-state index in [1.165, 1.54) is 75.7 Å². The number of unbranched alkanes of at least 4 members (excludes halogenated alkanes) is 1. The molecule has 0 spiro atoms. The third-order valence-electron chi connectivity index (χ3n) is 5.00. The number of hydroxylamine groups is 2. The van der Waals surface area contributed by atoms with E-state index in [0.29, 0.717) is 6.54 Å². The van der Waals surface area contributed by atoms with E-state index in [9.17, 15) is 5.21 Å². The Labute approximate surface area is 126 Å². The molecule has 0 aromatic heterocycles. The lowest BCUT2D eigenvalue weighted by Crippen LogP contribution is -2.16. The van der Waals surface area contributed by atoms with Crippen LogP contribution in [0.5, 0.6) is 0 Å². The van der Waals surface area contributed by atoms with Crippen LogP contribution >= 0.6 is 0 Å². The second-order valence-corrected chi connectivity index (χ2v) is 6.91. The lowest BCUT2D eigenvalue weighted by Gasteiger charge is -2.26. The van der Waals surface area contributed by atoms with Gasteiger partial charge < -0.3 is 10.3 Å². The van der Waals surface area contributed by atoms with Gasteiger partial charge in [-0.15, -0.1) is 0 Å². The van der Waals surface area contributed by atoms with Gasteiger partial charge in [-0.1, -0.05) is 84.5 Å². The molecule has 2 atom stereocenters. The van der Waals surface area contributed by atoms with Crippen molar-refractivity contribution in [3.05, 3.63) is 5.21 Å². The van der Waals surface area contributed by atoms with E-state index in [0.717, 1.165) is 24.8 Å². The summed E-state index contributed by atoms with van der Waals surface area (Å²) in [6.45, 7) is 5.75. The summed E-state index contributed by atoms with van der Waals surface area (Å²) in [5, 5.41) is 12.4. The van der Waals surface area contributed by atoms with Crippen molar-refractivity contribution >= 4 is 0 Å². The summed E-state index contributed by atoms with van der Waals surface area (Å²) in [5.41, 5.74) is 0. The molecule has 2 nitrogen and oxygen atoms in total. The molecule has 0 radical (unpaired) electrons. The zero-order valence-electron chi connectivity index (χ0n) is 13.9. The summed E-state index contributed by atoms with van der Waals surface area (Å²) in [6.07, 6.45) is 16.6. The lowest BCUT2D eigenvalue weighted by atomic mass is 9.88. The van der Waals surface area contributed by atoms with E-state index in [-0.39, 0.29) is 0 Å². The van der Waals surface area contributed by atoms with Gasteiger partial charge in [0.25, 0.3) is 0 Å². The normalized spacial score (nSPS) is 26.4. The maximum atomic E-state index is 11.2. The highest BCUT2D eigenvalue weighted by Crippen LogP contribution is 2.27. The summed E-state index contributed by atoms with van der Waals surface area (Å²) in [7, 11) is 0. The first-order valence-electron chi connectivity index (χ1n) is 9.14. The molecular weight excluding hydrogens is 246 g/mol. The fraction of sp³-hybridized carbons (Fsp3) is 1.00. The quantitative estimate of drug-likeness (QED) is 0.458. The minimum atomic E-state index is 0.640. The van der Waals surface area contributed by atoms with Gasteiger partial charge in [-0.3, -0.25) is 0 Å². The van der Waals surface area contributed by atoms with Crippen molar-refractivity contribution in [2.45, 2.75) is 90.9 Å². The Bertz CT molecular complexity index is 219. The molecule has 0 heterocycles. The first-order valence-corrected chi connectivity index (χ1v) is 9.14. The topological polar surface area (TPSA) is 26.3 Å². The van der Waals surface area contributed by atoms with Crippen LogP contribution in [0.25, 0.3) is 0 Å². The van der Waals surface area contributed by atoms with Gasteiger partial charge >= 0.3 is 0 Å². The SMILES string of the molecule is CCN([O-])CCCCC1CCCCCCCC(C)CC1. The Kier molecular flexibility index (Phi) is 10.4. The number of rotatable bonds is 6. The van der Waals surface area contributed by atoms with Gasteiger partial charge in [0.05, 0.1) is 0 Å². The molecule has 1 aliphatic rings. The maximum absolute atomic E-state index is 11.2. The highest BCUT2D eigenvalue weighted by molar-refractivity contribution is 4.66. The van der Waals surface area contributed by atoms with Crippen molar-refractivity contribution in [3.8, 4) is 0 Å². The van der Waals surface area contributed by atoms with Crippen LogP contribution < -0.4 is 0 Å². The second-order valence-electron chi connectivity index (χ2n) is 6.91. The average molecular weight is 282 g/mol. The van der Waals surface area contributed by atoms with Crippen molar-refractivity contribution in [2.24, 2.45) is 11.8 Å². The summed E-state index contributed by atoms with van der Waals surface area (Å²) >= 11 is 0. The molecule has 1 saturated carbocycles. The zero-order valence-corrected chi connectivity index (χ0v) is 13.9. The van der Waals surface area contributed by atoms with E-state index in [2.05, 4.69) is 6.92 Å². The summed E-state index contributed by atoms with van der Waals surface area (Å²) in [6, 6.07) is 0. The Morgan fingerprint density at radius 2 is 1.60 bits per heavy atom. The van der Waals surface area contributed by atoms with Crippen molar-refractivity contribution in [1.82, 2.24) is 5.06 Å². The lowest BCUT2D eigenvalue weighted by molar-refractivity contribution is 0.330. The number of hydrogen-bond acceptors (Lipinski definition) is 2. The van der Waals surface area contributed by atoms with Crippen LogP contribution in [0.15, 0.2) is 0 Å². The predicted molar refractivity (Wildman–Crippen MR) is 88.7 cm³/mol. The summed E-state index contributed by atoms with van der Waals surface area (Å²) in [4.78, 5) is 0. The molecule has 1 rings (SSSR count). The molecule has 120 valence electrons. The van der Waals surface area contributed by atoms with Gasteiger partial charge in [-0.2, -0.15) is 0 Å². The molecule has 2 heteroatoms. The predicted octanol–water partition coefficient (Wildman–Crippen LogP) is 5.75. The van der Waals surface area contributed by atoms with Crippen LogP contribution in [0.1, 0.15) is 90.9 Å². The molecule has 0 saturated heterocycles. The molecule has 0 N–H and O–H groups in total. The smallest absolute Gasteiger partial charge is 0.0145 e. The van der Waals surface area contributed by atoms with Crippen LogP contribution in [0, 0.1) is 17.0 Å². The largest absolute Gasteiger partial charge is 0.785 e. The van der Waals surface area contributed by atoms with Crippen molar-refractivity contribution in [2.75, 3.05) is 13.1 Å². The minimum absolute atomic E-state index is 0.640. The standard InChI is InChI=1S/C18H36NO/c1-3-19(20)16-10-9-13-18-12-8-6-4-5-7-11-17(2)14-15-18/h17-18H,3-16H2,1-2H3/q-1. The second kappa shape index (κ2) is 11.6. The molecule has 20 heavy (non-hydrogen) atoms. The molecule has 1 fully saturated rings. The third-order valence-corrected chi connectivity index (χ3v) is 5.00. The first kappa shape index (κ1) is 18.0. The Balaban J connectivity index is 2.21. The molecular formula is C18H36NO-. The monoisotopic (exact) mass is 282 g/mol. The number of nitrogens with zero attached hydrogens (tertiary/aromatic N) is 1. The minimum Gasteiger partial charge on any atom is -0.785 e. The first-order chi connectivity index (χ1) is 9.72. The molecule has 0 amide bonds. The average Bonchev–Trinajstić information content (AvgIpc) is 2.50. The molecule has 0 bridgehead atoms. The van der Waals surface area contributed by atoms with E-state index >= 15 is 0 Å². The Morgan fingerprint density at radius 3 is 2.35 bits per heavy atom. The molecule has 1 aliphatic carbocycles. The van der Waals surface area contributed by atoms with Gasteiger partial charge in [-0.05, 0) is 31.3 Å². The van der Waals surface area contributed by atoms with Crippen molar-refractivity contribution in [3.63, 3.8) is 0 Å². The zero-order chi connectivity index (χ0) is 14.6.